The Kier molecular flexibility index (Phi) is 9.77. The molecule has 38 heavy (non-hydrogen) atoms. The first-order chi connectivity index (χ1) is 18.1. The van der Waals surface area contributed by atoms with Crippen molar-refractivity contribution in [1.29, 1.82) is 0 Å². The molecule has 0 saturated heterocycles. The van der Waals surface area contributed by atoms with Gasteiger partial charge in [0.2, 0.25) is 11.8 Å². The van der Waals surface area contributed by atoms with Gasteiger partial charge < -0.3 is 15.0 Å². The molecule has 1 atom stereocenters. The molecule has 1 N–H and O–H groups in total. The summed E-state index contributed by atoms with van der Waals surface area (Å²) < 4.78 is 33.7. The van der Waals surface area contributed by atoms with Gasteiger partial charge in [0.1, 0.15) is 18.3 Å². The number of anilines is 1. The molecule has 3 rings (SSSR count). The molecule has 0 spiro atoms. The van der Waals surface area contributed by atoms with Crippen LogP contribution in [0.15, 0.2) is 77.7 Å². The number of halogens is 1. The van der Waals surface area contributed by atoms with E-state index in [-0.39, 0.29) is 28.1 Å². The molecule has 0 aliphatic rings. The molecule has 0 aliphatic heterocycles. The third kappa shape index (κ3) is 6.85. The highest BCUT2D eigenvalue weighted by Crippen LogP contribution is 2.32. The van der Waals surface area contributed by atoms with Crippen LogP contribution in [0, 0.1) is 6.92 Å². The van der Waals surface area contributed by atoms with Crippen molar-refractivity contribution >= 4 is 39.1 Å². The van der Waals surface area contributed by atoms with Crippen molar-refractivity contribution < 1.29 is 22.7 Å². The fourth-order valence-electron chi connectivity index (χ4n) is 3.85. The molecular weight excluding hydrogens is 526 g/mol. The first-order valence-corrected chi connectivity index (χ1v) is 13.9. The number of carbonyl (C=O) groups is 2. The average Bonchev–Trinajstić information content (AvgIpc) is 2.91. The SMILES string of the molecule is CCNC(=O)[C@@H](C)N(Cc1ccc(C)cc1)C(=O)CN(c1ccc(OC)c(Cl)c1)S(=O)(=O)c1ccccc1. The van der Waals surface area contributed by atoms with Crippen LogP contribution in [0.2, 0.25) is 5.02 Å². The maximum absolute atomic E-state index is 13.8. The molecule has 0 bridgehead atoms. The standard InChI is InChI=1S/C28H32ClN3O5S/c1-5-30-28(34)21(3)31(18-22-13-11-20(2)12-14-22)27(33)19-32(23-15-16-26(37-4)25(29)17-23)38(35,36)24-9-7-6-8-10-24/h6-17,21H,5,18-19H2,1-4H3,(H,30,34)/t21-/m1/s1. The number of methoxy groups -OCH3 is 1. The Balaban J connectivity index is 2.04. The Morgan fingerprint density at radius 3 is 2.26 bits per heavy atom. The highest BCUT2D eigenvalue weighted by molar-refractivity contribution is 7.92. The number of benzene rings is 3. The average molecular weight is 558 g/mol. The van der Waals surface area contributed by atoms with Crippen LogP contribution in [0.5, 0.6) is 5.75 Å². The lowest BCUT2D eigenvalue weighted by Crippen LogP contribution is -2.51. The Hall–Kier alpha value is -3.56. The van der Waals surface area contributed by atoms with Crippen molar-refractivity contribution in [3.8, 4) is 5.75 Å². The highest BCUT2D eigenvalue weighted by Gasteiger charge is 2.32. The van der Waals surface area contributed by atoms with E-state index in [0.29, 0.717) is 12.3 Å². The normalized spacial score (nSPS) is 11.9. The third-order valence-corrected chi connectivity index (χ3v) is 8.11. The van der Waals surface area contributed by atoms with Crippen LogP contribution in [-0.2, 0) is 26.2 Å². The monoisotopic (exact) mass is 557 g/mol. The predicted molar refractivity (Wildman–Crippen MR) is 149 cm³/mol. The number of nitrogens with zero attached hydrogens (tertiary/aromatic N) is 2. The lowest BCUT2D eigenvalue weighted by atomic mass is 10.1. The van der Waals surface area contributed by atoms with Gasteiger partial charge in [0, 0.05) is 13.1 Å². The molecule has 10 heteroatoms. The molecular formula is C28H32ClN3O5S. The van der Waals surface area contributed by atoms with E-state index in [1.807, 2.05) is 31.2 Å². The number of rotatable bonds is 11. The van der Waals surface area contributed by atoms with Gasteiger partial charge in [-0.1, -0.05) is 59.6 Å². The zero-order chi connectivity index (χ0) is 27.9. The topological polar surface area (TPSA) is 96.0 Å². The van der Waals surface area contributed by atoms with Crippen LogP contribution in [0.3, 0.4) is 0 Å². The van der Waals surface area contributed by atoms with Gasteiger partial charge in [0.05, 0.1) is 22.7 Å². The fraction of sp³-hybridized carbons (Fsp3) is 0.286. The first kappa shape index (κ1) is 29.0. The van der Waals surface area contributed by atoms with Gasteiger partial charge in [-0.05, 0) is 56.7 Å². The number of nitrogens with one attached hydrogen (secondary N) is 1. The molecule has 2 amide bonds. The van der Waals surface area contributed by atoms with Gasteiger partial charge in [-0.3, -0.25) is 13.9 Å². The summed E-state index contributed by atoms with van der Waals surface area (Å²) in [4.78, 5) is 28.0. The lowest BCUT2D eigenvalue weighted by molar-refractivity contribution is -0.139. The molecule has 3 aromatic rings. The van der Waals surface area contributed by atoms with Crippen molar-refractivity contribution in [3.05, 3.63) is 88.9 Å². The van der Waals surface area contributed by atoms with Gasteiger partial charge in [-0.25, -0.2) is 8.42 Å². The van der Waals surface area contributed by atoms with E-state index in [4.69, 9.17) is 16.3 Å². The summed E-state index contributed by atoms with van der Waals surface area (Å²) in [6.45, 7) is 5.34. The van der Waals surface area contributed by atoms with E-state index in [9.17, 15) is 18.0 Å². The zero-order valence-electron chi connectivity index (χ0n) is 21.8. The third-order valence-electron chi connectivity index (χ3n) is 6.03. The summed E-state index contributed by atoms with van der Waals surface area (Å²) in [6.07, 6.45) is 0. The molecule has 0 unspecified atom stereocenters. The molecule has 0 heterocycles. The Morgan fingerprint density at radius 2 is 1.68 bits per heavy atom. The van der Waals surface area contributed by atoms with E-state index in [1.165, 1.54) is 42.3 Å². The van der Waals surface area contributed by atoms with E-state index < -0.39 is 28.5 Å². The fourth-order valence-corrected chi connectivity index (χ4v) is 5.53. The minimum absolute atomic E-state index is 0.0154. The second kappa shape index (κ2) is 12.8. The molecule has 3 aromatic carbocycles. The van der Waals surface area contributed by atoms with Gasteiger partial charge in [0.25, 0.3) is 10.0 Å². The number of carbonyl (C=O) groups excluding carboxylic acids is 2. The van der Waals surface area contributed by atoms with Gasteiger partial charge in [-0.2, -0.15) is 0 Å². The van der Waals surface area contributed by atoms with Crippen LogP contribution in [-0.4, -0.2) is 51.4 Å². The van der Waals surface area contributed by atoms with Crippen molar-refractivity contribution in [3.63, 3.8) is 0 Å². The number of hydrogen-bond donors (Lipinski definition) is 1. The van der Waals surface area contributed by atoms with Gasteiger partial charge in [0.15, 0.2) is 0 Å². The quantitative estimate of drug-likeness (QED) is 0.377. The summed E-state index contributed by atoms with van der Waals surface area (Å²) in [7, 11) is -2.71. The molecule has 0 fully saturated rings. The predicted octanol–water partition coefficient (Wildman–Crippen LogP) is 4.41. The molecule has 0 aromatic heterocycles. The summed E-state index contributed by atoms with van der Waals surface area (Å²) in [5.41, 5.74) is 2.05. The van der Waals surface area contributed by atoms with E-state index in [1.54, 1.807) is 32.0 Å². The first-order valence-electron chi connectivity index (χ1n) is 12.1. The smallest absolute Gasteiger partial charge is 0.264 e. The van der Waals surface area contributed by atoms with Crippen LogP contribution in [0.4, 0.5) is 5.69 Å². The Morgan fingerprint density at radius 1 is 1.03 bits per heavy atom. The van der Waals surface area contributed by atoms with Crippen LogP contribution in [0.25, 0.3) is 0 Å². The second-order valence-corrected chi connectivity index (χ2v) is 11.0. The number of sulfonamides is 1. The highest BCUT2D eigenvalue weighted by atomic mass is 35.5. The maximum atomic E-state index is 13.8. The second-order valence-electron chi connectivity index (χ2n) is 8.72. The lowest BCUT2D eigenvalue weighted by Gasteiger charge is -2.32. The largest absolute Gasteiger partial charge is 0.495 e. The number of amides is 2. The van der Waals surface area contributed by atoms with E-state index >= 15 is 0 Å². The molecule has 0 radical (unpaired) electrons. The summed E-state index contributed by atoms with van der Waals surface area (Å²) in [6, 6.07) is 19.1. The number of ether oxygens (including phenoxy) is 1. The zero-order valence-corrected chi connectivity index (χ0v) is 23.4. The Labute approximate surface area is 229 Å². The van der Waals surface area contributed by atoms with E-state index in [2.05, 4.69) is 5.32 Å². The maximum Gasteiger partial charge on any atom is 0.264 e. The number of likely N-dealkylation sites (N-methyl/N-ethyl adjacent to an activating group) is 1. The van der Waals surface area contributed by atoms with Crippen LogP contribution in [0.1, 0.15) is 25.0 Å². The molecule has 202 valence electrons. The van der Waals surface area contributed by atoms with Crippen LogP contribution < -0.4 is 14.4 Å². The van der Waals surface area contributed by atoms with Gasteiger partial charge in [-0.15, -0.1) is 0 Å². The molecule has 0 aliphatic carbocycles. The van der Waals surface area contributed by atoms with Crippen LogP contribution >= 0.6 is 11.6 Å². The summed E-state index contributed by atoms with van der Waals surface area (Å²) in [5.74, 6) is -0.515. The number of hydrogen-bond acceptors (Lipinski definition) is 5. The van der Waals surface area contributed by atoms with Gasteiger partial charge >= 0.3 is 0 Å². The van der Waals surface area contributed by atoms with Crippen molar-refractivity contribution in [2.24, 2.45) is 0 Å². The minimum Gasteiger partial charge on any atom is -0.495 e. The van der Waals surface area contributed by atoms with Crippen molar-refractivity contribution in [2.75, 3.05) is 24.5 Å². The molecule has 0 saturated carbocycles. The minimum atomic E-state index is -4.17. The number of aryl methyl sites for hydroxylation is 1. The van der Waals surface area contributed by atoms with Crippen molar-refractivity contribution in [2.45, 2.75) is 38.3 Å². The van der Waals surface area contributed by atoms with E-state index in [0.717, 1.165) is 15.4 Å². The molecule has 8 nitrogen and oxygen atoms in total. The summed E-state index contributed by atoms with van der Waals surface area (Å²) >= 11 is 6.32. The Bertz CT molecular complexity index is 1360. The van der Waals surface area contributed by atoms with Crippen molar-refractivity contribution in [1.82, 2.24) is 10.2 Å². The summed E-state index contributed by atoms with van der Waals surface area (Å²) in [5, 5.41) is 2.93.